The molecular formula is C16H19ClN4O. The second kappa shape index (κ2) is 7.05. The Kier molecular flexibility index (Phi) is 4.87. The Bertz CT molecular complexity index is 633. The normalized spacial score (nSPS) is 14.6. The van der Waals surface area contributed by atoms with Gasteiger partial charge in [-0.05, 0) is 29.7 Å². The number of methoxy groups -OCH3 is 1. The van der Waals surface area contributed by atoms with E-state index in [9.17, 15) is 0 Å². The van der Waals surface area contributed by atoms with Gasteiger partial charge in [0.15, 0.2) is 0 Å². The van der Waals surface area contributed by atoms with Crippen LogP contribution in [0, 0.1) is 0 Å². The van der Waals surface area contributed by atoms with E-state index in [2.05, 4.69) is 38.4 Å². The van der Waals surface area contributed by atoms with Gasteiger partial charge in [0.1, 0.15) is 0 Å². The zero-order valence-corrected chi connectivity index (χ0v) is 13.3. The first-order chi connectivity index (χ1) is 10.7. The van der Waals surface area contributed by atoms with Crippen LogP contribution in [0.4, 0.5) is 11.6 Å². The van der Waals surface area contributed by atoms with E-state index in [0.29, 0.717) is 11.0 Å². The van der Waals surface area contributed by atoms with Crippen molar-refractivity contribution in [2.75, 3.05) is 32.1 Å². The van der Waals surface area contributed by atoms with Crippen LogP contribution in [-0.2, 0) is 17.7 Å². The first kappa shape index (κ1) is 15.2. The molecule has 3 rings (SSSR count). The molecule has 0 spiro atoms. The van der Waals surface area contributed by atoms with Crippen LogP contribution in [0.1, 0.15) is 11.1 Å². The minimum atomic E-state index is 0.534. The Hall–Kier alpha value is -1.69. The molecule has 1 aliphatic rings. The van der Waals surface area contributed by atoms with Gasteiger partial charge < -0.3 is 10.1 Å². The zero-order valence-electron chi connectivity index (χ0n) is 12.6. The van der Waals surface area contributed by atoms with Crippen molar-refractivity contribution in [1.82, 2.24) is 14.9 Å². The molecule has 0 unspecified atom stereocenters. The molecule has 0 atom stereocenters. The van der Waals surface area contributed by atoms with Crippen LogP contribution < -0.4 is 5.32 Å². The molecule has 0 fully saturated rings. The summed E-state index contributed by atoms with van der Waals surface area (Å²) < 4.78 is 5.15. The molecule has 116 valence electrons. The number of halogens is 1. The van der Waals surface area contributed by atoms with Gasteiger partial charge in [-0.2, -0.15) is 0 Å². The SMILES string of the molecule is COCCN1CCc2cc(Nc3ncc(Cl)cn3)ccc2C1. The number of rotatable bonds is 5. The van der Waals surface area contributed by atoms with E-state index in [1.54, 1.807) is 19.5 Å². The molecule has 2 heterocycles. The summed E-state index contributed by atoms with van der Waals surface area (Å²) in [5.41, 5.74) is 3.77. The number of hydrogen-bond acceptors (Lipinski definition) is 5. The predicted octanol–water partition coefficient (Wildman–Crippen LogP) is 2.88. The van der Waals surface area contributed by atoms with Crippen LogP contribution in [0.25, 0.3) is 0 Å². The van der Waals surface area contributed by atoms with Crippen LogP contribution in [0.5, 0.6) is 0 Å². The summed E-state index contributed by atoms with van der Waals surface area (Å²) in [5.74, 6) is 0.557. The van der Waals surface area contributed by atoms with Gasteiger partial charge in [-0.25, -0.2) is 9.97 Å². The molecule has 6 heteroatoms. The van der Waals surface area contributed by atoms with Crippen LogP contribution in [0.2, 0.25) is 5.02 Å². The van der Waals surface area contributed by atoms with Gasteiger partial charge in [-0.3, -0.25) is 4.90 Å². The molecule has 0 bridgehead atoms. The topological polar surface area (TPSA) is 50.3 Å². The minimum absolute atomic E-state index is 0.534. The number of nitrogens with one attached hydrogen (secondary N) is 1. The summed E-state index contributed by atoms with van der Waals surface area (Å²) in [6.07, 6.45) is 4.22. The highest BCUT2D eigenvalue weighted by atomic mass is 35.5. The second-order valence-electron chi connectivity index (χ2n) is 5.35. The number of aromatic nitrogens is 2. The third-order valence-corrected chi connectivity index (χ3v) is 3.98. The number of hydrogen-bond donors (Lipinski definition) is 1. The maximum atomic E-state index is 5.79. The number of fused-ring (bicyclic) bond motifs is 1. The molecule has 1 aromatic carbocycles. The van der Waals surface area contributed by atoms with Gasteiger partial charge >= 0.3 is 0 Å². The van der Waals surface area contributed by atoms with Crippen molar-refractivity contribution in [3.63, 3.8) is 0 Å². The summed E-state index contributed by atoms with van der Waals surface area (Å²) in [4.78, 5) is 10.7. The van der Waals surface area contributed by atoms with E-state index in [4.69, 9.17) is 16.3 Å². The van der Waals surface area contributed by atoms with Crippen molar-refractivity contribution < 1.29 is 4.74 Å². The van der Waals surface area contributed by atoms with E-state index in [-0.39, 0.29) is 0 Å². The summed E-state index contributed by atoms with van der Waals surface area (Å²) in [5, 5.41) is 3.75. The van der Waals surface area contributed by atoms with Crippen LogP contribution in [-0.4, -0.2) is 41.7 Å². The van der Waals surface area contributed by atoms with Crippen molar-refractivity contribution in [3.05, 3.63) is 46.7 Å². The largest absolute Gasteiger partial charge is 0.383 e. The van der Waals surface area contributed by atoms with Gasteiger partial charge in [0.25, 0.3) is 0 Å². The van der Waals surface area contributed by atoms with Crippen LogP contribution >= 0.6 is 11.6 Å². The highest BCUT2D eigenvalue weighted by Gasteiger charge is 2.16. The third kappa shape index (κ3) is 3.74. The summed E-state index contributed by atoms with van der Waals surface area (Å²) in [7, 11) is 1.74. The van der Waals surface area contributed by atoms with Crippen molar-refractivity contribution in [2.24, 2.45) is 0 Å². The Balaban J connectivity index is 1.68. The molecular weight excluding hydrogens is 300 g/mol. The summed E-state index contributed by atoms with van der Waals surface area (Å²) in [6.45, 7) is 3.81. The lowest BCUT2D eigenvalue weighted by Gasteiger charge is -2.28. The maximum absolute atomic E-state index is 5.79. The first-order valence-corrected chi connectivity index (χ1v) is 7.70. The standard InChI is InChI=1S/C16H19ClN4O/c1-22-7-6-21-5-4-12-8-15(3-2-13(12)11-21)20-16-18-9-14(17)10-19-16/h2-3,8-10H,4-7,11H2,1H3,(H,18,19,20). The lowest BCUT2D eigenvalue weighted by molar-refractivity contribution is 0.141. The molecule has 0 aliphatic carbocycles. The van der Waals surface area contributed by atoms with Gasteiger partial charge in [-0.15, -0.1) is 0 Å². The lowest BCUT2D eigenvalue weighted by atomic mass is 9.99. The fourth-order valence-electron chi connectivity index (χ4n) is 2.61. The highest BCUT2D eigenvalue weighted by molar-refractivity contribution is 6.30. The van der Waals surface area contributed by atoms with Gasteiger partial charge in [0.2, 0.25) is 5.95 Å². The summed E-state index contributed by atoms with van der Waals surface area (Å²) in [6, 6.07) is 6.42. The Morgan fingerprint density at radius 2 is 2.09 bits per heavy atom. The lowest BCUT2D eigenvalue weighted by Crippen LogP contribution is -2.33. The van der Waals surface area contributed by atoms with E-state index in [0.717, 1.165) is 38.3 Å². The number of anilines is 2. The molecule has 0 saturated carbocycles. The number of ether oxygens (including phenoxy) is 1. The van der Waals surface area contributed by atoms with Gasteiger partial charge in [0.05, 0.1) is 24.0 Å². The van der Waals surface area contributed by atoms with E-state index >= 15 is 0 Å². The number of benzene rings is 1. The average molecular weight is 319 g/mol. The number of nitrogens with zero attached hydrogens (tertiary/aromatic N) is 3. The van der Waals surface area contributed by atoms with E-state index in [1.807, 2.05) is 0 Å². The van der Waals surface area contributed by atoms with Gasteiger partial charge in [0, 0.05) is 32.4 Å². The maximum Gasteiger partial charge on any atom is 0.227 e. The van der Waals surface area contributed by atoms with Crippen molar-refractivity contribution in [3.8, 4) is 0 Å². The molecule has 5 nitrogen and oxygen atoms in total. The minimum Gasteiger partial charge on any atom is -0.383 e. The molecule has 0 saturated heterocycles. The fourth-order valence-corrected chi connectivity index (χ4v) is 2.70. The molecule has 2 aromatic rings. The molecule has 22 heavy (non-hydrogen) atoms. The highest BCUT2D eigenvalue weighted by Crippen LogP contribution is 2.24. The first-order valence-electron chi connectivity index (χ1n) is 7.32. The van der Waals surface area contributed by atoms with Crippen LogP contribution in [0.3, 0.4) is 0 Å². The van der Waals surface area contributed by atoms with Crippen molar-refractivity contribution >= 4 is 23.2 Å². The van der Waals surface area contributed by atoms with Crippen molar-refractivity contribution in [2.45, 2.75) is 13.0 Å². The average Bonchev–Trinajstić information content (AvgIpc) is 2.55. The Morgan fingerprint density at radius 3 is 2.86 bits per heavy atom. The molecule has 1 aliphatic heterocycles. The van der Waals surface area contributed by atoms with Crippen molar-refractivity contribution in [1.29, 1.82) is 0 Å². The smallest absolute Gasteiger partial charge is 0.227 e. The van der Waals surface area contributed by atoms with E-state index in [1.165, 1.54) is 11.1 Å². The third-order valence-electron chi connectivity index (χ3n) is 3.79. The molecule has 1 N–H and O–H groups in total. The second-order valence-corrected chi connectivity index (χ2v) is 5.79. The molecule has 0 amide bonds. The van der Waals surface area contributed by atoms with E-state index < -0.39 is 0 Å². The van der Waals surface area contributed by atoms with Crippen LogP contribution in [0.15, 0.2) is 30.6 Å². The quantitative estimate of drug-likeness (QED) is 0.918. The Labute approximate surface area is 135 Å². The fraction of sp³-hybridized carbons (Fsp3) is 0.375. The molecule has 0 radical (unpaired) electrons. The van der Waals surface area contributed by atoms with Gasteiger partial charge in [-0.1, -0.05) is 17.7 Å². The zero-order chi connectivity index (χ0) is 15.4. The summed E-state index contributed by atoms with van der Waals surface area (Å²) >= 11 is 5.79. The predicted molar refractivity (Wildman–Crippen MR) is 87.6 cm³/mol. The Morgan fingerprint density at radius 1 is 1.27 bits per heavy atom. The molecule has 1 aromatic heterocycles. The monoisotopic (exact) mass is 318 g/mol.